The Bertz CT molecular complexity index is 324. The Morgan fingerprint density at radius 3 is 2.37 bits per heavy atom. The summed E-state index contributed by atoms with van der Waals surface area (Å²) in [5, 5.41) is 9.41. The number of carboxylic acid groups (broad SMARTS) is 1. The Morgan fingerprint density at radius 1 is 1.16 bits per heavy atom. The van der Waals surface area contributed by atoms with Gasteiger partial charge in [0.2, 0.25) is 0 Å². The van der Waals surface area contributed by atoms with Gasteiger partial charge in [-0.2, -0.15) is 0 Å². The van der Waals surface area contributed by atoms with E-state index in [9.17, 15) is 9.90 Å². The Balaban J connectivity index is 2.13. The zero-order valence-corrected chi connectivity index (χ0v) is 12.6. The lowest BCUT2D eigenvalue weighted by atomic mass is 9.92. The van der Waals surface area contributed by atoms with Gasteiger partial charge in [0.15, 0.2) is 0 Å². The molecule has 0 bridgehead atoms. The van der Waals surface area contributed by atoms with Gasteiger partial charge in [0.05, 0.1) is 5.92 Å². The number of hydrogen-bond donors (Lipinski definition) is 1. The molecule has 0 spiro atoms. The SMILES string of the molecule is CN1CC(C(=O)O)CN(C2CCCCC2)CC1(C)C. The summed E-state index contributed by atoms with van der Waals surface area (Å²) in [6, 6.07) is 0.598. The second-order valence-corrected chi connectivity index (χ2v) is 6.95. The molecule has 1 atom stereocenters. The molecule has 1 saturated carbocycles. The van der Waals surface area contributed by atoms with Gasteiger partial charge in [0.25, 0.3) is 0 Å². The van der Waals surface area contributed by atoms with E-state index >= 15 is 0 Å². The van der Waals surface area contributed by atoms with Crippen LogP contribution in [0.3, 0.4) is 0 Å². The monoisotopic (exact) mass is 268 g/mol. The van der Waals surface area contributed by atoms with Crippen LogP contribution in [0.25, 0.3) is 0 Å². The molecule has 2 rings (SSSR count). The molecule has 110 valence electrons. The zero-order valence-electron chi connectivity index (χ0n) is 12.6. The van der Waals surface area contributed by atoms with E-state index in [0.29, 0.717) is 19.1 Å². The van der Waals surface area contributed by atoms with Crippen LogP contribution in [-0.4, -0.2) is 59.1 Å². The Hall–Kier alpha value is -0.610. The minimum absolute atomic E-state index is 0.0572. The molecule has 4 heteroatoms. The largest absolute Gasteiger partial charge is 0.481 e. The summed E-state index contributed by atoms with van der Waals surface area (Å²) in [7, 11) is 2.06. The molecule has 1 saturated heterocycles. The lowest BCUT2D eigenvalue weighted by molar-refractivity contribution is -0.142. The average Bonchev–Trinajstić information content (AvgIpc) is 2.48. The molecule has 0 aromatic rings. The normalized spacial score (nSPS) is 31.0. The van der Waals surface area contributed by atoms with Crippen molar-refractivity contribution in [2.75, 3.05) is 26.7 Å². The van der Waals surface area contributed by atoms with E-state index in [1.807, 2.05) is 0 Å². The number of likely N-dealkylation sites (N-methyl/N-ethyl adjacent to an activating group) is 1. The standard InChI is InChI=1S/C15H28N2O2/c1-15(2)11-17(13-7-5-4-6-8-13)10-12(14(18)19)9-16(15)3/h12-13H,4-11H2,1-3H3,(H,18,19). The molecule has 19 heavy (non-hydrogen) atoms. The zero-order chi connectivity index (χ0) is 14.0. The van der Waals surface area contributed by atoms with Crippen LogP contribution in [0.2, 0.25) is 0 Å². The van der Waals surface area contributed by atoms with Crippen molar-refractivity contribution in [3.05, 3.63) is 0 Å². The summed E-state index contributed by atoms with van der Waals surface area (Å²) in [4.78, 5) is 16.1. The second-order valence-electron chi connectivity index (χ2n) is 6.95. The Labute approximate surface area is 116 Å². The van der Waals surface area contributed by atoms with Crippen LogP contribution in [0.15, 0.2) is 0 Å². The highest BCUT2D eigenvalue weighted by Gasteiger charge is 2.38. The summed E-state index contributed by atoms with van der Waals surface area (Å²) in [5.41, 5.74) is 0.0572. The highest BCUT2D eigenvalue weighted by atomic mass is 16.4. The van der Waals surface area contributed by atoms with E-state index in [1.165, 1.54) is 32.1 Å². The summed E-state index contributed by atoms with van der Waals surface area (Å²) in [5.74, 6) is -0.904. The van der Waals surface area contributed by atoms with Crippen molar-refractivity contribution in [3.8, 4) is 0 Å². The maximum Gasteiger partial charge on any atom is 0.309 e. The number of rotatable bonds is 2. The first-order valence-electron chi connectivity index (χ1n) is 7.58. The lowest BCUT2D eigenvalue weighted by Crippen LogP contribution is -2.50. The van der Waals surface area contributed by atoms with Gasteiger partial charge in [-0.05, 0) is 33.7 Å². The molecule has 2 fully saturated rings. The van der Waals surface area contributed by atoms with E-state index in [4.69, 9.17) is 0 Å². The molecular formula is C15H28N2O2. The molecule has 4 nitrogen and oxygen atoms in total. The summed E-state index contributed by atoms with van der Waals surface area (Å²) < 4.78 is 0. The fourth-order valence-electron chi connectivity index (χ4n) is 3.48. The van der Waals surface area contributed by atoms with Crippen LogP contribution < -0.4 is 0 Å². The predicted octanol–water partition coefficient (Wildman–Crippen LogP) is 2.05. The van der Waals surface area contributed by atoms with E-state index < -0.39 is 5.97 Å². The van der Waals surface area contributed by atoms with Crippen LogP contribution in [0, 0.1) is 5.92 Å². The average molecular weight is 268 g/mol. The molecule has 1 N–H and O–H groups in total. The minimum Gasteiger partial charge on any atom is -0.481 e. The van der Waals surface area contributed by atoms with E-state index in [-0.39, 0.29) is 11.5 Å². The van der Waals surface area contributed by atoms with Gasteiger partial charge in [-0.1, -0.05) is 19.3 Å². The quantitative estimate of drug-likeness (QED) is 0.832. The second kappa shape index (κ2) is 5.80. The van der Waals surface area contributed by atoms with Crippen molar-refractivity contribution >= 4 is 5.97 Å². The number of nitrogens with zero attached hydrogens (tertiary/aromatic N) is 2. The van der Waals surface area contributed by atoms with E-state index in [1.54, 1.807) is 0 Å². The van der Waals surface area contributed by atoms with Gasteiger partial charge in [-0.15, -0.1) is 0 Å². The van der Waals surface area contributed by atoms with Gasteiger partial charge >= 0.3 is 5.97 Å². The highest BCUT2D eigenvalue weighted by molar-refractivity contribution is 5.70. The first-order chi connectivity index (χ1) is 8.90. The first kappa shape index (κ1) is 14.8. The van der Waals surface area contributed by atoms with E-state index in [0.717, 1.165) is 6.54 Å². The van der Waals surface area contributed by atoms with Crippen LogP contribution in [0.4, 0.5) is 0 Å². The fraction of sp³-hybridized carbons (Fsp3) is 0.933. The van der Waals surface area contributed by atoms with Crippen molar-refractivity contribution in [1.82, 2.24) is 9.80 Å². The predicted molar refractivity (Wildman–Crippen MR) is 76.3 cm³/mol. The molecule has 0 aromatic carbocycles. The maximum atomic E-state index is 11.4. The van der Waals surface area contributed by atoms with Crippen LogP contribution in [0.5, 0.6) is 0 Å². The van der Waals surface area contributed by atoms with Crippen LogP contribution in [-0.2, 0) is 4.79 Å². The first-order valence-corrected chi connectivity index (χ1v) is 7.58. The number of aliphatic carboxylic acids is 1. The third-order valence-corrected chi connectivity index (χ3v) is 5.01. The molecule has 1 aliphatic heterocycles. The molecule has 1 heterocycles. The molecule has 0 aromatic heterocycles. The number of carboxylic acids is 1. The minimum atomic E-state index is -0.648. The Morgan fingerprint density at radius 2 is 1.79 bits per heavy atom. The van der Waals surface area contributed by atoms with Crippen molar-refractivity contribution in [2.24, 2.45) is 5.92 Å². The van der Waals surface area contributed by atoms with E-state index in [2.05, 4.69) is 30.7 Å². The topological polar surface area (TPSA) is 43.8 Å². The van der Waals surface area contributed by atoms with Crippen LogP contribution in [0.1, 0.15) is 46.0 Å². The maximum absolute atomic E-state index is 11.4. The number of carbonyl (C=O) groups is 1. The van der Waals surface area contributed by atoms with Crippen molar-refractivity contribution in [3.63, 3.8) is 0 Å². The highest BCUT2D eigenvalue weighted by Crippen LogP contribution is 2.28. The van der Waals surface area contributed by atoms with Gasteiger partial charge < -0.3 is 5.11 Å². The molecule has 1 aliphatic carbocycles. The molecule has 0 radical (unpaired) electrons. The van der Waals surface area contributed by atoms with Crippen molar-refractivity contribution in [1.29, 1.82) is 0 Å². The molecular weight excluding hydrogens is 240 g/mol. The third-order valence-electron chi connectivity index (χ3n) is 5.01. The summed E-state index contributed by atoms with van der Waals surface area (Å²) in [6.45, 7) is 6.82. The molecule has 2 aliphatic rings. The lowest BCUT2D eigenvalue weighted by Gasteiger charge is -2.40. The Kier molecular flexibility index (Phi) is 4.51. The van der Waals surface area contributed by atoms with Gasteiger partial charge in [-0.25, -0.2) is 0 Å². The van der Waals surface area contributed by atoms with Gasteiger partial charge in [0, 0.05) is 31.2 Å². The van der Waals surface area contributed by atoms with Crippen molar-refractivity contribution < 1.29 is 9.90 Å². The summed E-state index contributed by atoms with van der Waals surface area (Å²) in [6.07, 6.45) is 6.43. The third kappa shape index (κ3) is 3.48. The van der Waals surface area contributed by atoms with Crippen molar-refractivity contribution in [2.45, 2.75) is 57.5 Å². The van der Waals surface area contributed by atoms with Gasteiger partial charge in [0.1, 0.15) is 0 Å². The fourth-order valence-corrected chi connectivity index (χ4v) is 3.48. The van der Waals surface area contributed by atoms with Crippen LogP contribution >= 0.6 is 0 Å². The molecule has 0 amide bonds. The van der Waals surface area contributed by atoms with Gasteiger partial charge in [-0.3, -0.25) is 14.6 Å². The summed E-state index contributed by atoms with van der Waals surface area (Å²) >= 11 is 0. The number of hydrogen-bond acceptors (Lipinski definition) is 3. The molecule has 1 unspecified atom stereocenters. The smallest absolute Gasteiger partial charge is 0.309 e.